The number of nitrogens with one attached hydrogen (secondary N) is 1. The molecule has 0 bridgehead atoms. The summed E-state index contributed by atoms with van der Waals surface area (Å²) in [5.74, 6) is 1.57. The number of benzene rings is 2. The van der Waals surface area contributed by atoms with E-state index in [-0.39, 0.29) is 12.5 Å². The number of amides is 1. The fraction of sp³-hybridized carbons (Fsp3) is 0.227. The van der Waals surface area contributed by atoms with Crippen molar-refractivity contribution in [3.05, 3.63) is 66.4 Å². The molecule has 27 heavy (non-hydrogen) atoms. The van der Waals surface area contributed by atoms with Crippen LogP contribution in [0.3, 0.4) is 0 Å². The quantitative estimate of drug-likeness (QED) is 0.750. The molecule has 4 rings (SSSR count). The third-order valence-corrected chi connectivity index (χ3v) is 4.90. The van der Waals surface area contributed by atoms with E-state index in [1.54, 1.807) is 7.11 Å². The zero-order chi connectivity index (χ0) is 18.6. The van der Waals surface area contributed by atoms with E-state index >= 15 is 0 Å². The Morgan fingerprint density at radius 3 is 2.74 bits per heavy atom. The molecule has 138 valence electrons. The van der Waals surface area contributed by atoms with E-state index in [9.17, 15) is 4.79 Å². The Hall–Kier alpha value is -3.21. The maximum atomic E-state index is 12.4. The minimum atomic E-state index is 0.00903. The number of hydrogen-bond donors (Lipinski definition) is 1. The van der Waals surface area contributed by atoms with Crippen molar-refractivity contribution in [2.24, 2.45) is 0 Å². The van der Waals surface area contributed by atoms with Crippen molar-refractivity contribution < 1.29 is 14.3 Å². The van der Waals surface area contributed by atoms with E-state index < -0.39 is 0 Å². The van der Waals surface area contributed by atoms with Gasteiger partial charge in [-0.05, 0) is 42.3 Å². The van der Waals surface area contributed by atoms with Crippen LogP contribution in [0.5, 0.6) is 11.5 Å². The first-order valence-electron chi connectivity index (χ1n) is 9.05. The number of aromatic amines is 1. The zero-order valence-corrected chi connectivity index (χ0v) is 15.3. The molecule has 2 aromatic carbocycles. The van der Waals surface area contributed by atoms with Gasteiger partial charge in [0.1, 0.15) is 11.5 Å². The Morgan fingerprint density at radius 1 is 1.15 bits per heavy atom. The van der Waals surface area contributed by atoms with E-state index in [0.29, 0.717) is 18.8 Å². The molecular formula is C22H22N2O3. The van der Waals surface area contributed by atoms with Crippen LogP contribution in [0.1, 0.15) is 12.0 Å². The van der Waals surface area contributed by atoms with Gasteiger partial charge in [-0.1, -0.05) is 24.3 Å². The van der Waals surface area contributed by atoms with Crippen molar-refractivity contribution in [2.75, 3.05) is 26.8 Å². The van der Waals surface area contributed by atoms with Gasteiger partial charge < -0.3 is 19.4 Å². The molecule has 0 spiro atoms. The minimum Gasteiger partial charge on any atom is -0.497 e. The first-order chi connectivity index (χ1) is 13.2. The van der Waals surface area contributed by atoms with Crippen LogP contribution in [0.2, 0.25) is 0 Å². The molecule has 3 aromatic rings. The molecule has 0 atom stereocenters. The number of fused-ring (bicyclic) bond motifs is 1. The SMILES string of the molecule is COc1ccc2[nH]cc(C3=CCN(C(=O)COc4ccccc4)CC3)c2c1. The van der Waals surface area contributed by atoms with Gasteiger partial charge in [-0.15, -0.1) is 0 Å². The van der Waals surface area contributed by atoms with E-state index in [4.69, 9.17) is 9.47 Å². The summed E-state index contributed by atoms with van der Waals surface area (Å²) < 4.78 is 10.9. The monoisotopic (exact) mass is 362 g/mol. The van der Waals surface area contributed by atoms with E-state index in [2.05, 4.69) is 11.1 Å². The highest BCUT2D eigenvalue weighted by atomic mass is 16.5. The number of aromatic nitrogens is 1. The summed E-state index contributed by atoms with van der Waals surface area (Å²) in [4.78, 5) is 17.6. The third kappa shape index (κ3) is 3.67. The second-order valence-electron chi connectivity index (χ2n) is 6.53. The number of rotatable bonds is 5. The molecule has 0 saturated heterocycles. The van der Waals surface area contributed by atoms with E-state index in [1.807, 2.05) is 59.6 Å². The van der Waals surface area contributed by atoms with Crippen LogP contribution in [0.15, 0.2) is 60.8 Å². The van der Waals surface area contributed by atoms with Crippen molar-refractivity contribution in [3.63, 3.8) is 0 Å². The molecule has 5 heteroatoms. The predicted octanol–water partition coefficient (Wildman–Crippen LogP) is 3.87. The number of para-hydroxylation sites is 1. The average molecular weight is 362 g/mol. The first kappa shape index (κ1) is 17.2. The molecule has 0 fully saturated rings. The molecule has 0 aliphatic carbocycles. The number of methoxy groups -OCH3 is 1. The highest BCUT2D eigenvalue weighted by molar-refractivity contribution is 5.94. The molecule has 1 aromatic heterocycles. The van der Waals surface area contributed by atoms with Gasteiger partial charge in [0.05, 0.1) is 7.11 Å². The Labute approximate surface area is 158 Å². The lowest BCUT2D eigenvalue weighted by Gasteiger charge is -2.26. The molecule has 0 radical (unpaired) electrons. The highest BCUT2D eigenvalue weighted by Crippen LogP contribution is 2.31. The number of carbonyl (C=O) groups excluding carboxylic acids is 1. The number of nitrogens with zero attached hydrogens (tertiary/aromatic N) is 1. The van der Waals surface area contributed by atoms with Crippen molar-refractivity contribution in [1.82, 2.24) is 9.88 Å². The second-order valence-corrected chi connectivity index (χ2v) is 6.53. The van der Waals surface area contributed by atoms with Gasteiger partial charge in [-0.25, -0.2) is 0 Å². The summed E-state index contributed by atoms with van der Waals surface area (Å²) >= 11 is 0. The van der Waals surface area contributed by atoms with Gasteiger partial charge in [0, 0.05) is 35.8 Å². The van der Waals surface area contributed by atoms with Gasteiger partial charge in [0.15, 0.2) is 6.61 Å². The zero-order valence-electron chi connectivity index (χ0n) is 15.3. The number of ether oxygens (including phenoxy) is 2. The van der Waals surface area contributed by atoms with E-state index in [0.717, 1.165) is 23.1 Å². The Balaban J connectivity index is 1.43. The minimum absolute atomic E-state index is 0.00903. The van der Waals surface area contributed by atoms with Gasteiger partial charge in [0.2, 0.25) is 0 Å². The normalized spacial score (nSPS) is 14.1. The summed E-state index contributed by atoms with van der Waals surface area (Å²) in [7, 11) is 1.67. The molecule has 0 unspecified atom stereocenters. The molecular weight excluding hydrogens is 340 g/mol. The summed E-state index contributed by atoms with van der Waals surface area (Å²) in [6, 6.07) is 15.4. The van der Waals surface area contributed by atoms with Crippen LogP contribution in [-0.4, -0.2) is 42.6 Å². The molecule has 1 aliphatic heterocycles. The van der Waals surface area contributed by atoms with E-state index in [1.165, 1.54) is 11.1 Å². The van der Waals surface area contributed by atoms with Crippen LogP contribution < -0.4 is 9.47 Å². The molecule has 0 saturated carbocycles. The Morgan fingerprint density at radius 2 is 2.00 bits per heavy atom. The standard InChI is InChI=1S/C22H22N2O3/c1-26-18-7-8-21-19(13-18)20(14-23-21)16-9-11-24(12-10-16)22(25)15-27-17-5-3-2-4-6-17/h2-9,13-14,23H,10-12,15H2,1H3. The second kappa shape index (κ2) is 7.58. The summed E-state index contributed by atoms with van der Waals surface area (Å²) in [5, 5.41) is 1.15. The highest BCUT2D eigenvalue weighted by Gasteiger charge is 2.20. The van der Waals surface area contributed by atoms with Crippen LogP contribution >= 0.6 is 0 Å². The topological polar surface area (TPSA) is 54.6 Å². The van der Waals surface area contributed by atoms with Crippen LogP contribution in [-0.2, 0) is 4.79 Å². The van der Waals surface area contributed by atoms with Gasteiger partial charge in [0.25, 0.3) is 5.91 Å². The Kier molecular flexibility index (Phi) is 4.83. The molecule has 2 heterocycles. The largest absolute Gasteiger partial charge is 0.497 e. The number of H-pyrrole nitrogens is 1. The maximum Gasteiger partial charge on any atom is 0.260 e. The maximum absolute atomic E-state index is 12.4. The molecule has 1 amide bonds. The third-order valence-electron chi connectivity index (χ3n) is 4.90. The van der Waals surface area contributed by atoms with Crippen LogP contribution in [0.25, 0.3) is 16.5 Å². The Bertz CT molecular complexity index is 976. The predicted molar refractivity (Wildman–Crippen MR) is 106 cm³/mol. The van der Waals surface area contributed by atoms with Crippen molar-refractivity contribution in [2.45, 2.75) is 6.42 Å². The number of hydrogen-bond acceptors (Lipinski definition) is 3. The summed E-state index contributed by atoms with van der Waals surface area (Å²) in [6.45, 7) is 1.36. The first-order valence-corrected chi connectivity index (χ1v) is 9.05. The van der Waals surface area contributed by atoms with Gasteiger partial charge >= 0.3 is 0 Å². The van der Waals surface area contributed by atoms with Crippen molar-refractivity contribution >= 4 is 22.4 Å². The summed E-state index contributed by atoms with van der Waals surface area (Å²) in [5.41, 5.74) is 3.51. The number of carbonyl (C=O) groups is 1. The van der Waals surface area contributed by atoms with Gasteiger partial charge in [-0.2, -0.15) is 0 Å². The molecule has 1 aliphatic rings. The smallest absolute Gasteiger partial charge is 0.260 e. The average Bonchev–Trinajstić information content (AvgIpc) is 3.16. The van der Waals surface area contributed by atoms with Crippen LogP contribution in [0, 0.1) is 0 Å². The lowest BCUT2D eigenvalue weighted by atomic mass is 9.99. The lowest BCUT2D eigenvalue weighted by molar-refractivity contribution is -0.132. The summed E-state index contributed by atoms with van der Waals surface area (Å²) in [6.07, 6.45) is 4.99. The van der Waals surface area contributed by atoms with Crippen molar-refractivity contribution in [1.29, 1.82) is 0 Å². The van der Waals surface area contributed by atoms with Crippen LogP contribution in [0.4, 0.5) is 0 Å². The molecule has 5 nitrogen and oxygen atoms in total. The van der Waals surface area contributed by atoms with Crippen molar-refractivity contribution in [3.8, 4) is 11.5 Å². The van der Waals surface area contributed by atoms with Gasteiger partial charge in [-0.3, -0.25) is 4.79 Å². The fourth-order valence-corrected chi connectivity index (χ4v) is 3.39. The fourth-order valence-electron chi connectivity index (χ4n) is 3.39. The molecule has 1 N–H and O–H groups in total. The lowest BCUT2D eigenvalue weighted by Crippen LogP contribution is -2.37.